The molecule has 0 saturated heterocycles. The lowest BCUT2D eigenvalue weighted by Gasteiger charge is -2.11. The first kappa shape index (κ1) is 14.6. The Labute approximate surface area is 130 Å². The third-order valence-electron chi connectivity index (χ3n) is 2.66. The average Bonchev–Trinajstić information content (AvgIpc) is 2.29. The van der Waals surface area contributed by atoms with Crippen LogP contribution in [0.15, 0.2) is 30.7 Å². The molecule has 100 valence electrons. The SMILES string of the molecule is Cc1cc(Br)c(-n2c(=O)[nH]c(Cl)c(C)c2=O)c(Br)c1. The van der Waals surface area contributed by atoms with Gasteiger partial charge in [-0.2, -0.15) is 0 Å². The number of rotatable bonds is 1. The molecule has 0 aliphatic heterocycles. The molecule has 0 amide bonds. The summed E-state index contributed by atoms with van der Waals surface area (Å²) >= 11 is 12.5. The summed E-state index contributed by atoms with van der Waals surface area (Å²) in [5, 5.41) is 0.0607. The molecule has 1 heterocycles. The Hall–Kier alpha value is -0.850. The number of H-pyrrole nitrogens is 1. The van der Waals surface area contributed by atoms with Crippen LogP contribution in [0.2, 0.25) is 5.15 Å². The minimum Gasteiger partial charge on any atom is -0.297 e. The lowest BCUT2D eigenvalue weighted by atomic mass is 10.2. The molecule has 1 N–H and O–H groups in total. The quantitative estimate of drug-likeness (QED) is 0.736. The van der Waals surface area contributed by atoms with Gasteiger partial charge in [0.25, 0.3) is 5.56 Å². The Kier molecular flexibility index (Phi) is 4.03. The number of hydrogen-bond acceptors (Lipinski definition) is 2. The van der Waals surface area contributed by atoms with E-state index in [1.54, 1.807) is 6.92 Å². The first-order valence-electron chi connectivity index (χ1n) is 5.30. The Bertz CT molecular complexity index is 757. The molecule has 0 aliphatic carbocycles. The van der Waals surface area contributed by atoms with E-state index < -0.39 is 11.2 Å². The van der Waals surface area contributed by atoms with Gasteiger partial charge in [0, 0.05) is 8.95 Å². The van der Waals surface area contributed by atoms with Crippen LogP contribution in [0.5, 0.6) is 0 Å². The lowest BCUT2D eigenvalue weighted by Crippen LogP contribution is -2.35. The highest BCUT2D eigenvalue weighted by Crippen LogP contribution is 2.29. The summed E-state index contributed by atoms with van der Waals surface area (Å²) in [4.78, 5) is 26.6. The molecule has 4 nitrogen and oxygen atoms in total. The van der Waals surface area contributed by atoms with Gasteiger partial charge in [-0.25, -0.2) is 9.36 Å². The number of aryl methyl sites for hydroxylation is 1. The molecule has 19 heavy (non-hydrogen) atoms. The highest BCUT2D eigenvalue weighted by atomic mass is 79.9. The first-order valence-corrected chi connectivity index (χ1v) is 7.26. The van der Waals surface area contributed by atoms with E-state index in [4.69, 9.17) is 11.6 Å². The van der Waals surface area contributed by atoms with Crippen LogP contribution in [0.1, 0.15) is 11.1 Å². The van der Waals surface area contributed by atoms with Gasteiger partial charge in [0.05, 0.1) is 11.3 Å². The van der Waals surface area contributed by atoms with Gasteiger partial charge in [-0.1, -0.05) is 11.6 Å². The molecule has 0 atom stereocenters. The predicted molar refractivity (Wildman–Crippen MR) is 82.5 cm³/mol. The average molecular weight is 408 g/mol. The van der Waals surface area contributed by atoms with Gasteiger partial charge >= 0.3 is 5.69 Å². The van der Waals surface area contributed by atoms with Gasteiger partial charge in [-0.3, -0.25) is 9.78 Å². The van der Waals surface area contributed by atoms with Crippen LogP contribution in [-0.4, -0.2) is 9.55 Å². The van der Waals surface area contributed by atoms with Gasteiger partial charge < -0.3 is 0 Å². The highest BCUT2D eigenvalue weighted by Gasteiger charge is 2.16. The van der Waals surface area contributed by atoms with Crippen LogP contribution in [0.4, 0.5) is 0 Å². The topological polar surface area (TPSA) is 54.9 Å². The van der Waals surface area contributed by atoms with Crippen LogP contribution in [-0.2, 0) is 0 Å². The van der Waals surface area contributed by atoms with Crippen molar-refractivity contribution in [3.63, 3.8) is 0 Å². The minimum atomic E-state index is -0.578. The number of aromatic amines is 1. The fourth-order valence-corrected chi connectivity index (χ4v) is 3.64. The third kappa shape index (κ3) is 2.57. The van der Waals surface area contributed by atoms with E-state index in [1.165, 1.54) is 0 Å². The van der Waals surface area contributed by atoms with Gasteiger partial charge in [0.2, 0.25) is 0 Å². The van der Waals surface area contributed by atoms with E-state index in [2.05, 4.69) is 36.8 Å². The Morgan fingerprint density at radius 1 is 1.16 bits per heavy atom. The standard InChI is InChI=1S/C12H9Br2ClN2O2/c1-5-3-7(13)9(8(14)4-5)17-11(18)6(2)10(15)16-12(17)19/h3-4H,1-2H3,(H,16,19). The molecule has 0 bridgehead atoms. The summed E-state index contributed by atoms with van der Waals surface area (Å²) < 4.78 is 2.34. The molecule has 0 fully saturated rings. The number of nitrogens with zero attached hydrogens (tertiary/aromatic N) is 1. The van der Waals surface area contributed by atoms with Crippen LogP contribution in [0, 0.1) is 13.8 Å². The lowest BCUT2D eigenvalue weighted by molar-refractivity contribution is 0.852. The molecule has 0 radical (unpaired) electrons. The molecule has 2 rings (SSSR count). The first-order chi connectivity index (χ1) is 8.82. The van der Waals surface area contributed by atoms with Gasteiger partial charge in [-0.05, 0) is 63.4 Å². The van der Waals surface area contributed by atoms with E-state index in [-0.39, 0.29) is 5.15 Å². The molecule has 0 saturated carbocycles. The van der Waals surface area contributed by atoms with Gasteiger partial charge in [0.15, 0.2) is 0 Å². The van der Waals surface area contributed by atoms with Crippen molar-refractivity contribution in [3.8, 4) is 5.69 Å². The second-order valence-electron chi connectivity index (χ2n) is 4.09. The summed E-state index contributed by atoms with van der Waals surface area (Å²) in [7, 11) is 0. The molecule has 0 unspecified atom stereocenters. The Morgan fingerprint density at radius 2 is 1.68 bits per heavy atom. The maximum absolute atomic E-state index is 12.2. The summed E-state index contributed by atoms with van der Waals surface area (Å²) in [6.45, 7) is 3.48. The zero-order valence-corrected chi connectivity index (χ0v) is 14.0. The zero-order chi connectivity index (χ0) is 14.3. The van der Waals surface area contributed by atoms with Gasteiger partial charge in [-0.15, -0.1) is 0 Å². The second kappa shape index (κ2) is 5.26. The molecule has 7 heteroatoms. The van der Waals surface area contributed by atoms with E-state index >= 15 is 0 Å². The van der Waals surface area contributed by atoms with Crippen LogP contribution in [0.3, 0.4) is 0 Å². The van der Waals surface area contributed by atoms with Crippen molar-refractivity contribution in [2.75, 3.05) is 0 Å². The summed E-state index contributed by atoms with van der Waals surface area (Å²) in [6.07, 6.45) is 0. The molecule has 2 aromatic rings. The second-order valence-corrected chi connectivity index (χ2v) is 6.17. The molecule has 1 aromatic heterocycles. The van der Waals surface area contributed by atoms with Crippen LogP contribution in [0.25, 0.3) is 5.69 Å². The van der Waals surface area contributed by atoms with Crippen molar-refractivity contribution < 1.29 is 0 Å². The van der Waals surface area contributed by atoms with E-state index in [0.717, 1.165) is 10.1 Å². The fourth-order valence-electron chi connectivity index (χ4n) is 1.71. The number of hydrogen-bond donors (Lipinski definition) is 1. The minimum absolute atomic E-state index is 0.0607. The molecular weight excluding hydrogens is 399 g/mol. The third-order valence-corrected chi connectivity index (χ3v) is 4.24. The maximum atomic E-state index is 12.2. The van der Waals surface area contributed by atoms with Crippen molar-refractivity contribution in [2.45, 2.75) is 13.8 Å². The summed E-state index contributed by atoms with van der Waals surface area (Å²) in [5.74, 6) is 0. The molecule has 0 spiro atoms. The van der Waals surface area contributed by atoms with Crippen molar-refractivity contribution in [2.24, 2.45) is 0 Å². The van der Waals surface area contributed by atoms with Crippen molar-refractivity contribution in [1.29, 1.82) is 0 Å². The van der Waals surface area contributed by atoms with Crippen molar-refractivity contribution >= 4 is 43.5 Å². The Balaban J connectivity index is 2.93. The monoisotopic (exact) mass is 406 g/mol. The van der Waals surface area contributed by atoms with Crippen LogP contribution < -0.4 is 11.2 Å². The van der Waals surface area contributed by atoms with Crippen molar-refractivity contribution in [1.82, 2.24) is 9.55 Å². The number of halogens is 3. The zero-order valence-electron chi connectivity index (χ0n) is 10.1. The Morgan fingerprint density at radius 3 is 2.21 bits per heavy atom. The molecule has 1 aromatic carbocycles. The number of nitrogens with one attached hydrogen (secondary N) is 1. The predicted octanol–water partition coefficient (Wildman–Crippen LogP) is 3.32. The van der Waals surface area contributed by atoms with E-state index in [9.17, 15) is 9.59 Å². The van der Waals surface area contributed by atoms with Crippen LogP contribution >= 0.6 is 43.5 Å². The smallest absolute Gasteiger partial charge is 0.297 e. The summed E-state index contributed by atoms with van der Waals surface area (Å²) in [6, 6.07) is 3.66. The van der Waals surface area contributed by atoms with Crippen molar-refractivity contribution in [3.05, 3.63) is 58.2 Å². The highest BCUT2D eigenvalue weighted by molar-refractivity contribution is 9.11. The van der Waals surface area contributed by atoms with E-state index in [1.807, 2.05) is 19.1 Å². The number of benzene rings is 1. The van der Waals surface area contributed by atoms with E-state index in [0.29, 0.717) is 20.2 Å². The fraction of sp³-hybridized carbons (Fsp3) is 0.167. The number of aromatic nitrogens is 2. The molecule has 0 aliphatic rings. The normalized spacial score (nSPS) is 10.8. The largest absolute Gasteiger partial charge is 0.334 e. The van der Waals surface area contributed by atoms with Gasteiger partial charge in [0.1, 0.15) is 5.15 Å². The summed E-state index contributed by atoms with van der Waals surface area (Å²) in [5.41, 5.74) is 0.722. The maximum Gasteiger partial charge on any atom is 0.334 e. The molecular formula is C12H9Br2ClN2O2.